The van der Waals surface area contributed by atoms with Gasteiger partial charge in [-0.05, 0) is 63.7 Å². The molecule has 0 atom stereocenters. The number of aromatic nitrogens is 3. The predicted molar refractivity (Wildman–Crippen MR) is 87.5 cm³/mol. The molecule has 3 aliphatic carbocycles. The lowest BCUT2D eigenvalue weighted by Gasteiger charge is -2.48. The SMILES string of the molecule is Cc1nc(C)n(C2CN(S(=O)(=O)CC34CCC(CC3)CC4)C2)n1. The molecule has 0 aromatic carbocycles. The Morgan fingerprint density at radius 2 is 1.74 bits per heavy atom. The van der Waals surface area contributed by atoms with Crippen molar-refractivity contribution in [1.29, 1.82) is 0 Å². The van der Waals surface area contributed by atoms with Gasteiger partial charge >= 0.3 is 0 Å². The van der Waals surface area contributed by atoms with Gasteiger partial charge in [0, 0.05) is 13.1 Å². The Kier molecular flexibility index (Phi) is 3.57. The minimum absolute atomic E-state index is 0.0679. The van der Waals surface area contributed by atoms with Gasteiger partial charge in [0.15, 0.2) is 0 Å². The summed E-state index contributed by atoms with van der Waals surface area (Å²) in [5, 5.41) is 4.38. The Morgan fingerprint density at radius 3 is 2.26 bits per heavy atom. The van der Waals surface area contributed by atoms with Crippen LogP contribution in [-0.4, -0.2) is 46.3 Å². The maximum absolute atomic E-state index is 12.8. The molecule has 1 saturated heterocycles. The lowest BCUT2D eigenvalue weighted by atomic mass is 9.62. The fourth-order valence-electron chi connectivity index (χ4n) is 4.71. The van der Waals surface area contributed by atoms with Crippen LogP contribution in [0.25, 0.3) is 0 Å². The molecule has 6 nitrogen and oxygen atoms in total. The molecule has 2 heterocycles. The number of hydrogen-bond acceptors (Lipinski definition) is 4. The molecule has 4 aliphatic rings. The molecule has 7 heteroatoms. The van der Waals surface area contributed by atoms with E-state index in [-0.39, 0.29) is 11.5 Å². The summed E-state index contributed by atoms with van der Waals surface area (Å²) >= 11 is 0. The number of nitrogens with zero attached hydrogens (tertiary/aromatic N) is 4. The summed E-state index contributed by atoms with van der Waals surface area (Å²) in [5.41, 5.74) is 0.0679. The minimum Gasteiger partial charge on any atom is -0.244 e. The highest BCUT2D eigenvalue weighted by molar-refractivity contribution is 7.89. The largest absolute Gasteiger partial charge is 0.244 e. The quantitative estimate of drug-likeness (QED) is 0.842. The highest BCUT2D eigenvalue weighted by atomic mass is 32.2. The second kappa shape index (κ2) is 5.28. The Morgan fingerprint density at radius 1 is 1.13 bits per heavy atom. The van der Waals surface area contributed by atoms with Crippen molar-refractivity contribution in [3.8, 4) is 0 Å². The molecule has 1 aromatic rings. The first kappa shape index (κ1) is 15.6. The first-order valence-corrected chi connectivity index (χ1v) is 10.4. The zero-order valence-electron chi connectivity index (χ0n) is 14.0. The van der Waals surface area contributed by atoms with Gasteiger partial charge in [0.2, 0.25) is 10.0 Å². The average Bonchev–Trinajstić information content (AvgIpc) is 2.76. The molecule has 0 spiro atoms. The van der Waals surface area contributed by atoms with Gasteiger partial charge in [-0.1, -0.05) is 0 Å². The lowest BCUT2D eigenvalue weighted by molar-refractivity contribution is 0.0829. The van der Waals surface area contributed by atoms with Gasteiger partial charge < -0.3 is 0 Å². The van der Waals surface area contributed by atoms with E-state index in [2.05, 4.69) is 10.1 Å². The maximum atomic E-state index is 12.8. The van der Waals surface area contributed by atoms with Crippen molar-refractivity contribution in [3.05, 3.63) is 11.6 Å². The molecule has 23 heavy (non-hydrogen) atoms. The zero-order chi connectivity index (χ0) is 16.2. The lowest BCUT2D eigenvalue weighted by Crippen LogP contribution is -2.54. The number of sulfonamides is 1. The highest BCUT2D eigenvalue weighted by Gasteiger charge is 2.46. The number of rotatable bonds is 4. The van der Waals surface area contributed by atoms with Crippen molar-refractivity contribution in [3.63, 3.8) is 0 Å². The molecule has 128 valence electrons. The van der Waals surface area contributed by atoms with Crippen molar-refractivity contribution in [2.24, 2.45) is 11.3 Å². The predicted octanol–water partition coefficient (Wildman–Crippen LogP) is 2.05. The Bertz CT molecular complexity index is 684. The van der Waals surface area contributed by atoms with Crippen molar-refractivity contribution >= 4 is 10.0 Å². The van der Waals surface area contributed by atoms with Crippen molar-refractivity contribution < 1.29 is 8.42 Å². The van der Waals surface area contributed by atoms with E-state index in [1.165, 1.54) is 19.3 Å². The van der Waals surface area contributed by atoms with Crippen molar-refractivity contribution in [2.75, 3.05) is 18.8 Å². The van der Waals surface area contributed by atoms with E-state index in [4.69, 9.17) is 0 Å². The first-order chi connectivity index (χ1) is 10.9. The molecule has 0 radical (unpaired) electrons. The van der Waals surface area contributed by atoms with E-state index in [1.807, 2.05) is 18.5 Å². The normalized spacial score (nSPS) is 32.2. The molecular formula is C16H26N4O2S. The maximum Gasteiger partial charge on any atom is 0.214 e. The summed E-state index contributed by atoms with van der Waals surface area (Å²) in [6.07, 6.45) is 7.02. The molecule has 4 fully saturated rings. The third kappa shape index (κ3) is 2.71. The van der Waals surface area contributed by atoms with Crippen LogP contribution in [-0.2, 0) is 10.0 Å². The zero-order valence-corrected chi connectivity index (χ0v) is 14.8. The summed E-state index contributed by atoms with van der Waals surface area (Å²) in [4.78, 5) is 4.31. The second-order valence-corrected chi connectivity index (χ2v) is 9.83. The van der Waals surface area contributed by atoms with Gasteiger partial charge in [0.05, 0.1) is 11.8 Å². The molecule has 0 amide bonds. The number of hydrogen-bond donors (Lipinski definition) is 0. The van der Waals surface area contributed by atoms with Gasteiger partial charge in [-0.15, -0.1) is 0 Å². The third-order valence-corrected chi connectivity index (χ3v) is 8.28. The van der Waals surface area contributed by atoms with Crippen LogP contribution in [0.5, 0.6) is 0 Å². The molecule has 5 rings (SSSR count). The van der Waals surface area contributed by atoms with Gasteiger partial charge in [0.1, 0.15) is 11.6 Å². The fourth-order valence-corrected chi connectivity index (χ4v) is 6.90. The average molecular weight is 338 g/mol. The topological polar surface area (TPSA) is 68.1 Å². The van der Waals surface area contributed by atoms with E-state index in [9.17, 15) is 8.42 Å². The summed E-state index contributed by atoms with van der Waals surface area (Å²) in [7, 11) is -3.14. The van der Waals surface area contributed by atoms with E-state index >= 15 is 0 Å². The molecule has 3 saturated carbocycles. The van der Waals surface area contributed by atoms with Gasteiger partial charge in [-0.3, -0.25) is 0 Å². The minimum atomic E-state index is -3.14. The van der Waals surface area contributed by atoms with Crippen molar-refractivity contribution in [1.82, 2.24) is 19.1 Å². The standard InChI is InChI=1S/C16H26N4O2S/c1-12-17-13(2)20(18-12)15-9-19(10-15)23(21,22)11-16-6-3-14(4-7-16)5-8-16/h14-15H,3-11H2,1-2H3. The summed E-state index contributed by atoms with van der Waals surface area (Å²) in [5.74, 6) is 2.84. The fraction of sp³-hybridized carbons (Fsp3) is 0.875. The summed E-state index contributed by atoms with van der Waals surface area (Å²) in [6.45, 7) is 4.89. The molecule has 0 N–H and O–H groups in total. The highest BCUT2D eigenvalue weighted by Crippen LogP contribution is 2.51. The Labute approximate surface area is 138 Å². The van der Waals surface area contributed by atoms with Crippen LogP contribution in [0.1, 0.15) is 56.2 Å². The van der Waals surface area contributed by atoms with E-state index in [0.717, 1.165) is 36.8 Å². The van der Waals surface area contributed by atoms with Crippen LogP contribution in [0.3, 0.4) is 0 Å². The van der Waals surface area contributed by atoms with Crippen LogP contribution in [0, 0.1) is 25.2 Å². The smallest absolute Gasteiger partial charge is 0.214 e. The summed E-state index contributed by atoms with van der Waals surface area (Å²) < 4.78 is 29.2. The molecule has 1 aromatic heterocycles. The first-order valence-electron chi connectivity index (χ1n) is 8.75. The van der Waals surface area contributed by atoms with Crippen LogP contribution in [0.4, 0.5) is 0 Å². The molecule has 0 unspecified atom stereocenters. The molecular weight excluding hydrogens is 312 g/mol. The Balaban J connectivity index is 1.42. The van der Waals surface area contributed by atoms with Crippen LogP contribution in [0.15, 0.2) is 0 Å². The van der Waals surface area contributed by atoms with Crippen LogP contribution in [0.2, 0.25) is 0 Å². The van der Waals surface area contributed by atoms with Gasteiger partial charge in [-0.2, -0.15) is 9.40 Å². The molecule has 1 aliphatic heterocycles. The third-order valence-electron chi connectivity index (χ3n) is 6.21. The van der Waals surface area contributed by atoms with Crippen LogP contribution < -0.4 is 0 Å². The van der Waals surface area contributed by atoms with Gasteiger partial charge in [-0.25, -0.2) is 18.1 Å². The number of aryl methyl sites for hydroxylation is 2. The van der Waals surface area contributed by atoms with Crippen molar-refractivity contribution in [2.45, 2.75) is 58.4 Å². The number of fused-ring (bicyclic) bond motifs is 3. The van der Waals surface area contributed by atoms with E-state index in [1.54, 1.807) is 4.31 Å². The second-order valence-electron chi connectivity index (χ2n) is 7.86. The van der Waals surface area contributed by atoms with Gasteiger partial charge in [0.25, 0.3) is 0 Å². The monoisotopic (exact) mass is 338 g/mol. The molecule has 2 bridgehead atoms. The Hall–Kier alpha value is -0.950. The van der Waals surface area contributed by atoms with Crippen LogP contribution >= 0.6 is 0 Å². The summed E-state index contributed by atoms with van der Waals surface area (Å²) in [6, 6.07) is 0.144. The van der Waals surface area contributed by atoms with E-state index < -0.39 is 10.0 Å². The van der Waals surface area contributed by atoms with E-state index in [0.29, 0.717) is 18.8 Å².